The van der Waals surface area contributed by atoms with Gasteiger partial charge in [-0.05, 0) is 31.3 Å². The zero-order valence-corrected chi connectivity index (χ0v) is 13.9. The summed E-state index contributed by atoms with van der Waals surface area (Å²) in [6.45, 7) is 6.20. The van der Waals surface area contributed by atoms with Crippen LogP contribution in [0.3, 0.4) is 0 Å². The van der Waals surface area contributed by atoms with Crippen LogP contribution in [0.25, 0.3) is 0 Å². The van der Waals surface area contributed by atoms with Gasteiger partial charge in [0, 0.05) is 32.4 Å². The number of hydrogen-bond acceptors (Lipinski definition) is 7. The SMILES string of the molecule is Cc1nn(CN2CCN(c3ncccc3C#N)CC2)c(=S)s1. The first-order valence-electron chi connectivity index (χ1n) is 7.04. The molecule has 22 heavy (non-hydrogen) atoms. The lowest BCUT2D eigenvalue weighted by molar-refractivity contribution is 0.194. The second-order valence-electron chi connectivity index (χ2n) is 5.12. The molecule has 0 N–H and O–H groups in total. The Morgan fingerprint density at radius 2 is 2.14 bits per heavy atom. The second kappa shape index (κ2) is 6.52. The summed E-state index contributed by atoms with van der Waals surface area (Å²) in [5.41, 5.74) is 0.633. The summed E-state index contributed by atoms with van der Waals surface area (Å²) in [7, 11) is 0. The van der Waals surface area contributed by atoms with Crippen molar-refractivity contribution in [3.05, 3.63) is 32.9 Å². The molecule has 0 saturated carbocycles. The van der Waals surface area contributed by atoms with Crippen LogP contribution in [0.4, 0.5) is 5.82 Å². The molecule has 0 atom stereocenters. The molecular formula is C14H16N6S2. The third kappa shape index (κ3) is 3.16. The first kappa shape index (κ1) is 15.1. The van der Waals surface area contributed by atoms with Gasteiger partial charge in [0.05, 0.1) is 12.2 Å². The number of nitriles is 1. The van der Waals surface area contributed by atoms with Crippen LogP contribution in [0.1, 0.15) is 10.6 Å². The lowest BCUT2D eigenvalue weighted by atomic mass is 10.2. The maximum Gasteiger partial charge on any atom is 0.180 e. The molecular weight excluding hydrogens is 316 g/mol. The number of pyridine rings is 1. The Kier molecular flexibility index (Phi) is 4.47. The predicted molar refractivity (Wildman–Crippen MR) is 88.4 cm³/mol. The fourth-order valence-corrected chi connectivity index (χ4v) is 3.58. The zero-order chi connectivity index (χ0) is 15.5. The first-order chi connectivity index (χ1) is 10.7. The Morgan fingerprint density at radius 3 is 2.77 bits per heavy atom. The lowest BCUT2D eigenvalue weighted by Crippen LogP contribution is -2.47. The molecule has 1 aliphatic heterocycles. The highest BCUT2D eigenvalue weighted by atomic mass is 32.1. The quantitative estimate of drug-likeness (QED) is 0.802. The topological polar surface area (TPSA) is 61.0 Å². The van der Waals surface area contributed by atoms with Gasteiger partial charge in [0.1, 0.15) is 16.9 Å². The lowest BCUT2D eigenvalue weighted by Gasteiger charge is -2.35. The minimum atomic E-state index is 0.633. The van der Waals surface area contributed by atoms with E-state index in [2.05, 4.69) is 26.0 Å². The molecule has 3 rings (SSSR count). The van der Waals surface area contributed by atoms with Gasteiger partial charge in [0.25, 0.3) is 0 Å². The van der Waals surface area contributed by atoms with Crippen LogP contribution >= 0.6 is 23.6 Å². The zero-order valence-electron chi connectivity index (χ0n) is 12.3. The molecule has 6 nitrogen and oxygen atoms in total. The minimum Gasteiger partial charge on any atom is -0.353 e. The van der Waals surface area contributed by atoms with Crippen LogP contribution < -0.4 is 4.90 Å². The molecule has 1 fully saturated rings. The van der Waals surface area contributed by atoms with Gasteiger partial charge in [-0.1, -0.05) is 11.3 Å². The number of hydrogen-bond donors (Lipinski definition) is 0. The number of nitrogens with zero attached hydrogens (tertiary/aromatic N) is 6. The predicted octanol–water partition coefficient (Wildman–Crippen LogP) is 2.03. The van der Waals surface area contributed by atoms with E-state index in [0.717, 1.165) is 47.6 Å². The van der Waals surface area contributed by atoms with E-state index in [0.29, 0.717) is 5.56 Å². The molecule has 8 heteroatoms. The standard InChI is InChI=1S/C14H16N6S2/c1-11-17-20(14(21)22-11)10-18-5-7-19(8-6-18)13-12(9-15)3-2-4-16-13/h2-4H,5-8,10H2,1H3. The molecule has 114 valence electrons. The van der Waals surface area contributed by atoms with Crippen molar-refractivity contribution in [2.45, 2.75) is 13.6 Å². The van der Waals surface area contributed by atoms with Gasteiger partial charge in [-0.25, -0.2) is 9.67 Å². The van der Waals surface area contributed by atoms with E-state index in [-0.39, 0.29) is 0 Å². The Balaban J connectivity index is 1.64. The van der Waals surface area contributed by atoms with Crippen LogP contribution in [0.15, 0.2) is 18.3 Å². The van der Waals surface area contributed by atoms with Crippen LogP contribution in [-0.2, 0) is 6.67 Å². The van der Waals surface area contributed by atoms with Crippen LogP contribution in [-0.4, -0.2) is 45.8 Å². The van der Waals surface area contributed by atoms with Gasteiger partial charge in [-0.2, -0.15) is 10.4 Å². The van der Waals surface area contributed by atoms with Crippen molar-refractivity contribution in [1.29, 1.82) is 5.26 Å². The summed E-state index contributed by atoms with van der Waals surface area (Å²) in [6.07, 6.45) is 1.74. The molecule has 0 aromatic carbocycles. The molecule has 3 heterocycles. The average Bonchev–Trinajstić information content (AvgIpc) is 2.85. The average molecular weight is 332 g/mol. The van der Waals surface area contributed by atoms with Crippen LogP contribution in [0.2, 0.25) is 0 Å². The van der Waals surface area contributed by atoms with Crippen molar-refractivity contribution in [1.82, 2.24) is 19.7 Å². The van der Waals surface area contributed by atoms with Crippen molar-refractivity contribution in [2.75, 3.05) is 31.1 Å². The highest BCUT2D eigenvalue weighted by Gasteiger charge is 2.20. The van der Waals surface area contributed by atoms with E-state index >= 15 is 0 Å². The van der Waals surface area contributed by atoms with Crippen molar-refractivity contribution < 1.29 is 0 Å². The van der Waals surface area contributed by atoms with E-state index in [1.165, 1.54) is 0 Å². The summed E-state index contributed by atoms with van der Waals surface area (Å²) in [6, 6.07) is 5.82. The maximum atomic E-state index is 9.18. The fourth-order valence-electron chi connectivity index (χ4n) is 2.53. The molecule has 0 spiro atoms. The number of piperazine rings is 1. The van der Waals surface area contributed by atoms with E-state index in [1.807, 2.05) is 17.7 Å². The Hall–Kier alpha value is -1.82. The van der Waals surface area contributed by atoms with Gasteiger partial charge in [-0.15, -0.1) is 0 Å². The summed E-state index contributed by atoms with van der Waals surface area (Å²) < 4.78 is 2.70. The van der Waals surface area contributed by atoms with E-state index in [4.69, 9.17) is 12.2 Å². The van der Waals surface area contributed by atoms with E-state index in [1.54, 1.807) is 23.6 Å². The van der Waals surface area contributed by atoms with Gasteiger partial charge < -0.3 is 4.90 Å². The van der Waals surface area contributed by atoms with Gasteiger partial charge in [0.2, 0.25) is 0 Å². The summed E-state index contributed by atoms with van der Waals surface area (Å²) in [5.74, 6) is 0.783. The molecule has 0 unspecified atom stereocenters. The monoisotopic (exact) mass is 332 g/mol. The van der Waals surface area contributed by atoms with Crippen molar-refractivity contribution >= 4 is 29.4 Å². The minimum absolute atomic E-state index is 0.633. The van der Waals surface area contributed by atoms with Gasteiger partial charge in [0.15, 0.2) is 3.95 Å². The second-order valence-corrected chi connectivity index (χ2v) is 6.95. The molecule has 1 aliphatic rings. The van der Waals surface area contributed by atoms with E-state index in [9.17, 15) is 5.26 Å². The Bertz CT molecular complexity index is 751. The largest absolute Gasteiger partial charge is 0.353 e. The Morgan fingerprint density at radius 1 is 1.36 bits per heavy atom. The highest BCUT2D eigenvalue weighted by molar-refractivity contribution is 7.73. The van der Waals surface area contributed by atoms with Crippen LogP contribution in [0.5, 0.6) is 0 Å². The van der Waals surface area contributed by atoms with E-state index < -0.39 is 0 Å². The third-order valence-corrected chi connectivity index (χ3v) is 4.84. The number of anilines is 1. The van der Waals surface area contributed by atoms with Gasteiger partial charge >= 0.3 is 0 Å². The summed E-state index contributed by atoms with van der Waals surface area (Å²) in [5, 5.41) is 14.6. The summed E-state index contributed by atoms with van der Waals surface area (Å²) in [4.78, 5) is 8.84. The molecule has 0 bridgehead atoms. The molecule has 2 aromatic rings. The molecule has 2 aromatic heterocycles. The first-order valence-corrected chi connectivity index (χ1v) is 8.27. The molecule has 0 amide bonds. The molecule has 0 aliphatic carbocycles. The summed E-state index contributed by atoms with van der Waals surface area (Å²) >= 11 is 6.85. The van der Waals surface area contributed by atoms with Crippen molar-refractivity contribution in [2.24, 2.45) is 0 Å². The van der Waals surface area contributed by atoms with Crippen molar-refractivity contribution in [3.63, 3.8) is 0 Å². The fraction of sp³-hybridized carbons (Fsp3) is 0.429. The van der Waals surface area contributed by atoms with Crippen molar-refractivity contribution in [3.8, 4) is 6.07 Å². The van der Waals surface area contributed by atoms with Gasteiger partial charge in [-0.3, -0.25) is 4.90 Å². The number of aromatic nitrogens is 3. The normalized spacial score (nSPS) is 15.7. The smallest absolute Gasteiger partial charge is 0.180 e. The van der Waals surface area contributed by atoms with Crippen LogP contribution in [0, 0.1) is 22.2 Å². The number of aryl methyl sites for hydroxylation is 1. The third-order valence-electron chi connectivity index (χ3n) is 3.62. The Labute approximate surface area is 138 Å². The molecule has 1 saturated heterocycles. The maximum absolute atomic E-state index is 9.18. The molecule has 0 radical (unpaired) electrons. The highest BCUT2D eigenvalue weighted by Crippen LogP contribution is 2.18. The number of rotatable bonds is 3.